The fraction of sp³-hybridized carbons (Fsp3) is 0.258. The zero-order chi connectivity index (χ0) is 27.2. The van der Waals surface area contributed by atoms with Gasteiger partial charge in [-0.05, 0) is 60.7 Å². The van der Waals surface area contributed by atoms with Crippen LogP contribution in [-0.2, 0) is 16.0 Å². The van der Waals surface area contributed by atoms with Gasteiger partial charge in [0.05, 0.1) is 18.7 Å². The van der Waals surface area contributed by atoms with Crippen molar-refractivity contribution in [2.24, 2.45) is 5.92 Å². The van der Waals surface area contributed by atoms with Crippen molar-refractivity contribution >= 4 is 29.4 Å². The number of anilines is 1. The largest absolute Gasteiger partial charge is 0.333 e. The highest BCUT2D eigenvalue weighted by atomic mass is 35.5. The quantitative estimate of drug-likeness (QED) is 0.270. The highest BCUT2D eigenvalue weighted by Crippen LogP contribution is 2.26. The van der Waals surface area contributed by atoms with E-state index in [1.165, 1.54) is 5.56 Å². The summed E-state index contributed by atoms with van der Waals surface area (Å²) in [5.74, 6) is 0.226. The van der Waals surface area contributed by atoms with E-state index in [-0.39, 0.29) is 30.7 Å². The molecule has 3 aromatic carbocycles. The molecule has 6 nitrogen and oxygen atoms in total. The minimum absolute atomic E-state index is 0.0556. The zero-order valence-electron chi connectivity index (χ0n) is 22.2. The second-order valence-corrected chi connectivity index (χ2v) is 10.4. The maximum absolute atomic E-state index is 13.3. The summed E-state index contributed by atoms with van der Waals surface area (Å²) in [6.07, 6.45) is 2.15. The molecule has 1 aromatic heterocycles. The molecule has 0 spiro atoms. The molecule has 0 aliphatic rings. The second kappa shape index (κ2) is 12.1. The van der Waals surface area contributed by atoms with Crippen molar-refractivity contribution in [3.05, 3.63) is 101 Å². The summed E-state index contributed by atoms with van der Waals surface area (Å²) in [7, 11) is 0. The Morgan fingerprint density at radius 3 is 2.34 bits per heavy atom. The second-order valence-electron chi connectivity index (χ2n) is 9.97. The molecular weight excluding hydrogens is 496 g/mol. The van der Waals surface area contributed by atoms with Crippen molar-refractivity contribution in [1.29, 1.82) is 0 Å². The number of carbonyl (C=O) groups excluding carboxylic acids is 2. The van der Waals surface area contributed by atoms with Crippen molar-refractivity contribution in [1.82, 2.24) is 14.5 Å². The van der Waals surface area contributed by atoms with Gasteiger partial charge in [0.2, 0.25) is 17.8 Å². The molecule has 0 saturated heterocycles. The van der Waals surface area contributed by atoms with E-state index < -0.39 is 0 Å². The number of benzene rings is 3. The lowest BCUT2D eigenvalue weighted by Crippen LogP contribution is -2.41. The number of nitrogens with one attached hydrogen (secondary N) is 1. The highest BCUT2D eigenvalue weighted by molar-refractivity contribution is 6.30. The van der Waals surface area contributed by atoms with Crippen LogP contribution in [0.3, 0.4) is 0 Å². The van der Waals surface area contributed by atoms with E-state index in [1.54, 1.807) is 4.90 Å². The van der Waals surface area contributed by atoms with Crippen molar-refractivity contribution in [2.45, 2.75) is 34.1 Å². The summed E-state index contributed by atoms with van der Waals surface area (Å²) in [4.78, 5) is 32.8. The molecule has 2 amide bonds. The Balaban J connectivity index is 1.60. The number of hydrogen-bond donors (Lipinski definition) is 1. The molecule has 0 radical (unpaired) electrons. The van der Waals surface area contributed by atoms with Gasteiger partial charge in [-0.25, -0.2) is 4.98 Å². The smallest absolute Gasteiger partial charge is 0.246 e. The Hall–Kier alpha value is -3.90. The van der Waals surface area contributed by atoms with Gasteiger partial charge in [-0.3, -0.25) is 19.5 Å². The Bertz CT molecular complexity index is 1410. The van der Waals surface area contributed by atoms with Gasteiger partial charge in [-0.15, -0.1) is 0 Å². The van der Waals surface area contributed by atoms with Crippen LogP contribution in [0, 0.1) is 19.8 Å². The SMILES string of the molecule is Cc1ccc(-n2cc(-c3ccc(Cl)cc3)nc2NC(=O)CN(CC(C)C)C(=O)Cc2ccccc2)cc1C. The van der Waals surface area contributed by atoms with E-state index in [2.05, 4.69) is 25.2 Å². The molecule has 0 saturated carbocycles. The van der Waals surface area contributed by atoms with Crippen molar-refractivity contribution < 1.29 is 9.59 Å². The Kier molecular flexibility index (Phi) is 8.64. The monoisotopic (exact) mass is 528 g/mol. The first-order valence-electron chi connectivity index (χ1n) is 12.7. The van der Waals surface area contributed by atoms with Crippen LogP contribution in [0.25, 0.3) is 16.9 Å². The number of carbonyl (C=O) groups is 2. The van der Waals surface area contributed by atoms with Crippen LogP contribution >= 0.6 is 11.6 Å². The summed E-state index contributed by atoms with van der Waals surface area (Å²) in [5.41, 5.74) is 5.70. The van der Waals surface area contributed by atoms with Crippen LogP contribution < -0.4 is 5.32 Å². The van der Waals surface area contributed by atoms with Gasteiger partial charge in [0.15, 0.2) is 0 Å². The van der Waals surface area contributed by atoms with E-state index in [9.17, 15) is 9.59 Å². The number of halogens is 1. The predicted molar refractivity (Wildman–Crippen MR) is 154 cm³/mol. The van der Waals surface area contributed by atoms with E-state index >= 15 is 0 Å². The molecule has 38 heavy (non-hydrogen) atoms. The molecule has 4 rings (SSSR count). The third kappa shape index (κ3) is 6.90. The molecule has 196 valence electrons. The lowest BCUT2D eigenvalue weighted by atomic mass is 10.1. The van der Waals surface area contributed by atoms with Gasteiger partial charge in [0.25, 0.3) is 0 Å². The molecule has 0 fully saturated rings. The molecule has 4 aromatic rings. The van der Waals surface area contributed by atoms with Gasteiger partial charge < -0.3 is 4.90 Å². The number of aryl methyl sites for hydroxylation is 2. The van der Waals surface area contributed by atoms with Crippen molar-refractivity contribution in [2.75, 3.05) is 18.4 Å². The standard InChI is InChI=1S/C31H33ClN4O2/c1-21(2)18-35(30(38)17-24-8-6-5-7-9-24)20-29(37)34-31-33-28(25-11-13-26(32)14-12-25)19-36(31)27-15-10-22(3)23(4)16-27/h5-16,19,21H,17-18,20H2,1-4H3,(H,33,34,37). The van der Waals surface area contributed by atoms with Crippen LogP contribution in [0.1, 0.15) is 30.5 Å². The fourth-order valence-corrected chi connectivity index (χ4v) is 4.34. The van der Waals surface area contributed by atoms with E-state index in [1.807, 2.05) is 91.3 Å². The van der Waals surface area contributed by atoms with Gasteiger partial charge in [0, 0.05) is 29.0 Å². The number of rotatable bonds is 9. The maximum atomic E-state index is 13.3. The minimum Gasteiger partial charge on any atom is -0.333 e. The van der Waals surface area contributed by atoms with Crippen molar-refractivity contribution in [3.8, 4) is 16.9 Å². The molecule has 0 aliphatic carbocycles. The number of amides is 2. The average Bonchev–Trinajstić information content (AvgIpc) is 3.29. The highest BCUT2D eigenvalue weighted by Gasteiger charge is 2.21. The van der Waals surface area contributed by atoms with Crippen LogP contribution in [0.5, 0.6) is 0 Å². The van der Waals surface area contributed by atoms with Gasteiger partial charge >= 0.3 is 0 Å². The first-order valence-corrected chi connectivity index (χ1v) is 13.1. The third-order valence-electron chi connectivity index (χ3n) is 6.34. The summed E-state index contributed by atoms with van der Waals surface area (Å²) in [5, 5.41) is 3.60. The number of nitrogens with zero attached hydrogens (tertiary/aromatic N) is 3. The summed E-state index contributed by atoms with van der Waals surface area (Å²) < 4.78 is 1.87. The summed E-state index contributed by atoms with van der Waals surface area (Å²) >= 11 is 6.08. The molecule has 1 heterocycles. The number of hydrogen-bond acceptors (Lipinski definition) is 3. The molecule has 0 bridgehead atoms. The predicted octanol–water partition coefficient (Wildman–Crippen LogP) is 6.48. The van der Waals surface area contributed by atoms with E-state index in [4.69, 9.17) is 16.6 Å². The van der Waals surface area contributed by atoms with Gasteiger partial charge in [-0.1, -0.05) is 74.0 Å². The third-order valence-corrected chi connectivity index (χ3v) is 6.59. The van der Waals surface area contributed by atoms with Crippen LogP contribution in [0.15, 0.2) is 79.0 Å². The zero-order valence-corrected chi connectivity index (χ0v) is 23.0. The van der Waals surface area contributed by atoms with E-state index in [0.29, 0.717) is 23.2 Å². The van der Waals surface area contributed by atoms with Crippen LogP contribution in [0.2, 0.25) is 5.02 Å². The Morgan fingerprint density at radius 1 is 0.974 bits per heavy atom. The first kappa shape index (κ1) is 27.1. The Labute approximate surface area is 229 Å². The molecule has 0 unspecified atom stereocenters. The normalized spacial score (nSPS) is 11.0. The minimum atomic E-state index is -0.301. The average molecular weight is 529 g/mol. The van der Waals surface area contributed by atoms with Crippen LogP contribution in [-0.4, -0.2) is 39.4 Å². The topological polar surface area (TPSA) is 67.2 Å². The molecule has 7 heteroatoms. The Morgan fingerprint density at radius 2 is 1.68 bits per heavy atom. The lowest BCUT2D eigenvalue weighted by molar-refractivity contribution is -0.134. The maximum Gasteiger partial charge on any atom is 0.246 e. The molecular formula is C31H33ClN4O2. The number of imidazole rings is 1. The summed E-state index contributed by atoms with van der Waals surface area (Å²) in [6, 6.07) is 23.1. The lowest BCUT2D eigenvalue weighted by Gasteiger charge is -2.24. The molecule has 0 atom stereocenters. The van der Waals surface area contributed by atoms with Gasteiger partial charge in [-0.2, -0.15) is 0 Å². The van der Waals surface area contributed by atoms with E-state index in [0.717, 1.165) is 22.4 Å². The molecule has 0 aliphatic heterocycles. The van der Waals surface area contributed by atoms with Crippen LogP contribution in [0.4, 0.5) is 5.95 Å². The van der Waals surface area contributed by atoms with Gasteiger partial charge in [0.1, 0.15) is 0 Å². The first-order chi connectivity index (χ1) is 18.2. The summed E-state index contributed by atoms with van der Waals surface area (Å²) in [6.45, 7) is 8.61. The molecule has 1 N–H and O–H groups in total. The fourth-order valence-electron chi connectivity index (χ4n) is 4.22. The number of aromatic nitrogens is 2. The van der Waals surface area contributed by atoms with Crippen molar-refractivity contribution in [3.63, 3.8) is 0 Å².